The molecule has 1 aromatic heterocycles. The monoisotopic (exact) mass is 389 g/mol. The fourth-order valence-electron chi connectivity index (χ4n) is 3.95. The lowest BCUT2D eigenvalue weighted by molar-refractivity contribution is 0.0565. The first kappa shape index (κ1) is 19.1. The minimum Gasteiger partial charge on any atom is -0.294 e. The summed E-state index contributed by atoms with van der Waals surface area (Å²) in [4.78, 5) is 45.4. The summed E-state index contributed by atoms with van der Waals surface area (Å²) >= 11 is 0. The van der Waals surface area contributed by atoms with E-state index >= 15 is 0 Å². The van der Waals surface area contributed by atoms with Crippen molar-refractivity contribution in [2.75, 3.05) is 0 Å². The topological polar surface area (TPSA) is 72.3 Å². The highest BCUT2D eigenvalue weighted by Gasteiger charge is 2.41. The number of benzene rings is 2. The van der Waals surface area contributed by atoms with Gasteiger partial charge in [0.05, 0.1) is 28.1 Å². The van der Waals surface area contributed by atoms with Gasteiger partial charge in [-0.3, -0.25) is 23.9 Å². The molecule has 0 spiro atoms. The van der Waals surface area contributed by atoms with Crippen molar-refractivity contribution in [2.24, 2.45) is 5.92 Å². The Morgan fingerprint density at radius 2 is 1.48 bits per heavy atom. The maximum atomic E-state index is 13.2. The SMILES string of the molecule is CC[C@@H](c1nc2ccccc2c(=O)n1CC(C)C)N1C(=O)c2ccccc2C1=O. The summed E-state index contributed by atoms with van der Waals surface area (Å²) in [6.45, 7) is 6.41. The van der Waals surface area contributed by atoms with Crippen LogP contribution in [0.3, 0.4) is 0 Å². The molecule has 6 heteroatoms. The quantitative estimate of drug-likeness (QED) is 0.622. The number of nitrogens with zero attached hydrogens (tertiary/aromatic N) is 3. The molecule has 0 unspecified atom stereocenters. The summed E-state index contributed by atoms with van der Waals surface area (Å²) in [6.07, 6.45) is 0.467. The number of para-hydroxylation sites is 1. The average molecular weight is 389 g/mol. The first-order chi connectivity index (χ1) is 13.9. The van der Waals surface area contributed by atoms with Crippen LogP contribution in [0.1, 0.15) is 59.8 Å². The smallest absolute Gasteiger partial charge is 0.262 e. The van der Waals surface area contributed by atoms with Gasteiger partial charge in [0.15, 0.2) is 0 Å². The van der Waals surface area contributed by atoms with Crippen LogP contribution in [0.2, 0.25) is 0 Å². The Hall–Kier alpha value is -3.28. The first-order valence-electron chi connectivity index (χ1n) is 9.90. The molecular formula is C23H23N3O3. The van der Waals surface area contributed by atoms with E-state index in [-0.39, 0.29) is 23.3 Å². The molecule has 0 fully saturated rings. The number of amides is 2. The van der Waals surface area contributed by atoms with Gasteiger partial charge in [-0.2, -0.15) is 0 Å². The number of fused-ring (bicyclic) bond motifs is 2. The molecule has 0 bridgehead atoms. The minimum atomic E-state index is -0.613. The fraction of sp³-hybridized carbons (Fsp3) is 0.304. The summed E-state index contributed by atoms with van der Waals surface area (Å²) in [7, 11) is 0. The van der Waals surface area contributed by atoms with Gasteiger partial charge in [0.2, 0.25) is 0 Å². The van der Waals surface area contributed by atoms with Crippen molar-refractivity contribution in [1.29, 1.82) is 0 Å². The van der Waals surface area contributed by atoms with Crippen LogP contribution in [-0.2, 0) is 6.54 Å². The molecule has 2 aromatic carbocycles. The van der Waals surface area contributed by atoms with Crippen molar-refractivity contribution in [3.63, 3.8) is 0 Å². The third-order valence-corrected chi connectivity index (χ3v) is 5.26. The average Bonchev–Trinajstić information content (AvgIpc) is 2.97. The van der Waals surface area contributed by atoms with E-state index in [4.69, 9.17) is 4.98 Å². The predicted octanol–water partition coefficient (Wildman–Crippen LogP) is 3.80. The second-order valence-corrected chi connectivity index (χ2v) is 7.75. The van der Waals surface area contributed by atoms with Crippen LogP contribution < -0.4 is 5.56 Å². The van der Waals surface area contributed by atoms with Gasteiger partial charge in [0.1, 0.15) is 5.82 Å². The second kappa shape index (κ2) is 7.28. The summed E-state index contributed by atoms with van der Waals surface area (Å²) in [5.74, 6) is -0.0135. The Morgan fingerprint density at radius 3 is 2.07 bits per heavy atom. The van der Waals surface area contributed by atoms with Crippen molar-refractivity contribution in [3.05, 3.63) is 75.8 Å². The molecule has 4 rings (SSSR count). The minimum absolute atomic E-state index is 0.144. The van der Waals surface area contributed by atoms with Crippen LogP contribution in [0.4, 0.5) is 0 Å². The molecular weight excluding hydrogens is 366 g/mol. The number of rotatable bonds is 5. The van der Waals surface area contributed by atoms with E-state index in [1.807, 2.05) is 32.9 Å². The van der Waals surface area contributed by atoms with Crippen molar-refractivity contribution < 1.29 is 9.59 Å². The molecule has 0 saturated carbocycles. The summed E-state index contributed by atoms with van der Waals surface area (Å²) in [5.41, 5.74) is 1.22. The van der Waals surface area contributed by atoms with Gasteiger partial charge in [0.25, 0.3) is 17.4 Å². The van der Waals surface area contributed by atoms with Gasteiger partial charge in [-0.05, 0) is 36.6 Å². The van der Waals surface area contributed by atoms with E-state index in [0.29, 0.717) is 40.8 Å². The Labute approximate surface area is 168 Å². The van der Waals surface area contributed by atoms with Gasteiger partial charge in [-0.15, -0.1) is 0 Å². The van der Waals surface area contributed by atoms with Crippen molar-refractivity contribution in [3.8, 4) is 0 Å². The number of aromatic nitrogens is 2. The highest BCUT2D eigenvalue weighted by molar-refractivity contribution is 6.21. The number of hydrogen-bond acceptors (Lipinski definition) is 4. The van der Waals surface area contributed by atoms with E-state index in [2.05, 4.69) is 0 Å². The number of carbonyl (C=O) groups is 2. The largest absolute Gasteiger partial charge is 0.294 e. The maximum absolute atomic E-state index is 13.2. The standard InChI is InChI=1S/C23H23N3O3/c1-4-19(26-22(28)15-9-5-6-10-16(15)23(26)29)20-24-18-12-8-7-11-17(18)21(27)25(20)13-14(2)3/h5-12,14,19H,4,13H2,1-3H3/t19-/m0/s1. The molecule has 148 valence electrons. The van der Waals surface area contributed by atoms with Crippen LogP contribution in [0.15, 0.2) is 53.3 Å². The molecule has 2 heterocycles. The van der Waals surface area contributed by atoms with Gasteiger partial charge in [-0.25, -0.2) is 4.98 Å². The summed E-state index contributed by atoms with van der Waals surface area (Å²) in [5, 5.41) is 0.536. The van der Waals surface area contributed by atoms with Crippen LogP contribution in [0, 0.1) is 5.92 Å². The normalized spacial score (nSPS) is 14.7. The number of carbonyl (C=O) groups excluding carboxylic acids is 2. The highest BCUT2D eigenvalue weighted by atomic mass is 16.2. The van der Waals surface area contributed by atoms with Crippen molar-refractivity contribution >= 4 is 22.7 Å². The molecule has 1 aliphatic heterocycles. The Kier molecular flexibility index (Phi) is 4.78. The van der Waals surface area contributed by atoms with E-state index in [1.54, 1.807) is 41.0 Å². The van der Waals surface area contributed by atoms with Crippen LogP contribution >= 0.6 is 0 Å². The Bertz CT molecular complexity index is 1140. The lowest BCUT2D eigenvalue weighted by Gasteiger charge is -2.27. The van der Waals surface area contributed by atoms with Gasteiger partial charge >= 0.3 is 0 Å². The predicted molar refractivity (Wildman–Crippen MR) is 111 cm³/mol. The molecule has 0 radical (unpaired) electrons. The summed E-state index contributed by atoms with van der Waals surface area (Å²) in [6, 6.07) is 13.4. The maximum Gasteiger partial charge on any atom is 0.262 e. The van der Waals surface area contributed by atoms with Crippen LogP contribution in [-0.4, -0.2) is 26.3 Å². The molecule has 6 nitrogen and oxygen atoms in total. The van der Waals surface area contributed by atoms with Crippen molar-refractivity contribution in [1.82, 2.24) is 14.5 Å². The zero-order valence-corrected chi connectivity index (χ0v) is 16.8. The third-order valence-electron chi connectivity index (χ3n) is 5.26. The molecule has 1 aliphatic rings. The lowest BCUT2D eigenvalue weighted by atomic mass is 10.1. The van der Waals surface area contributed by atoms with Gasteiger partial charge in [0, 0.05) is 6.54 Å². The summed E-state index contributed by atoms with van der Waals surface area (Å²) < 4.78 is 1.63. The molecule has 0 N–H and O–H groups in total. The highest BCUT2D eigenvalue weighted by Crippen LogP contribution is 2.33. The van der Waals surface area contributed by atoms with Crippen LogP contribution in [0.25, 0.3) is 10.9 Å². The third kappa shape index (κ3) is 3.05. The first-order valence-corrected chi connectivity index (χ1v) is 9.90. The van der Waals surface area contributed by atoms with Gasteiger partial charge < -0.3 is 0 Å². The van der Waals surface area contributed by atoms with Crippen LogP contribution in [0.5, 0.6) is 0 Å². The number of imide groups is 1. The van der Waals surface area contributed by atoms with E-state index in [0.717, 1.165) is 0 Å². The van der Waals surface area contributed by atoms with E-state index < -0.39 is 6.04 Å². The Morgan fingerprint density at radius 1 is 0.897 bits per heavy atom. The molecule has 1 atom stereocenters. The molecule has 3 aromatic rings. The Balaban J connectivity index is 1.91. The molecule has 29 heavy (non-hydrogen) atoms. The van der Waals surface area contributed by atoms with E-state index in [1.165, 1.54) is 4.90 Å². The van der Waals surface area contributed by atoms with Gasteiger partial charge in [-0.1, -0.05) is 45.0 Å². The number of hydrogen-bond donors (Lipinski definition) is 0. The zero-order valence-electron chi connectivity index (χ0n) is 16.8. The zero-order chi connectivity index (χ0) is 20.7. The fourth-order valence-corrected chi connectivity index (χ4v) is 3.95. The lowest BCUT2D eigenvalue weighted by Crippen LogP contribution is -2.38. The second-order valence-electron chi connectivity index (χ2n) is 7.75. The molecule has 0 aliphatic carbocycles. The molecule has 2 amide bonds. The van der Waals surface area contributed by atoms with E-state index in [9.17, 15) is 14.4 Å². The van der Waals surface area contributed by atoms with Crippen molar-refractivity contribution in [2.45, 2.75) is 39.8 Å². The molecule has 0 saturated heterocycles.